The summed E-state index contributed by atoms with van der Waals surface area (Å²) < 4.78 is 0. The third-order valence-corrected chi connectivity index (χ3v) is 13.2. The van der Waals surface area contributed by atoms with Gasteiger partial charge in [-0.1, -0.05) is 157 Å². The van der Waals surface area contributed by atoms with Gasteiger partial charge in [-0.25, -0.2) is 0 Å². The summed E-state index contributed by atoms with van der Waals surface area (Å²) in [6.45, 7) is 4.25. The van der Waals surface area contributed by atoms with E-state index in [0.29, 0.717) is 0 Å². The number of hydrogen-bond donors (Lipinski definition) is 0. The monoisotopic (exact) mass is 926 g/mol. The molecule has 0 N–H and O–H groups in total. The first-order chi connectivity index (χ1) is 35.5. The standard InChI is InChI=1S/C68H54N4/c1-51-26-36-61(37-27-51)69(57-17-7-3-8-18-57)64-42-44-66(45-43-64)71(59-21-11-5-12-22-59)63-40-34-54(35-41-63)53-30-32-55(33-31-53)56-16-15-25-68(50-56)72(60-23-13-6-14-24-60)67-48-46-65(47-49-67)70(58-19-9-4-10-20-58)62-38-28-52(2)29-39-62/h3-50H,1-2H3. The number of anilines is 12. The minimum atomic E-state index is 1.08. The highest BCUT2D eigenvalue weighted by atomic mass is 15.2. The largest absolute Gasteiger partial charge is 0.311 e. The normalized spacial score (nSPS) is 10.9. The lowest BCUT2D eigenvalue weighted by Crippen LogP contribution is -2.12. The molecule has 346 valence electrons. The van der Waals surface area contributed by atoms with Gasteiger partial charge in [-0.05, 0) is 182 Å². The molecule has 0 bridgehead atoms. The van der Waals surface area contributed by atoms with Gasteiger partial charge < -0.3 is 19.6 Å². The highest BCUT2D eigenvalue weighted by molar-refractivity contribution is 5.85. The molecular weight excluding hydrogens is 873 g/mol. The number of hydrogen-bond acceptors (Lipinski definition) is 4. The first kappa shape index (κ1) is 45.1. The molecule has 0 aliphatic carbocycles. The molecular formula is C68H54N4. The van der Waals surface area contributed by atoms with Gasteiger partial charge in [0.1, 0.15) is 0 Å². The van der Waals surface area contributed by atoms with Crippen LogP contribution in [-0.4, -0.2) is 0 Å². The summed E-state index contributed by atoms with van der Waals surface area (Å²) >= 11 is 0. The molecule has 0 atom stereocenters. The van der Waals surface area contributed by atoms with Crippen molar-refractivity contribution in [3.05, 3.63) is 302 Å². The van der Waals surface area contributed by atoms with Crippen LogP contribution in [0.15, 0.2) is 291 Å². The quantitative estimate of drug-likeness (QED) is 0.108. The summed E-state index contributed by atoms with van der Waals surface area (Å²) in [5.74, 6) is 0. The van der Waals surface area contributed by atoms with Crippen molar-refractivity contribution in [1.82, 2.24) is 0 Å². The lowest BCUT2D eigenvalue weighted by Gasteiger charge is -2.28. The van der Waals surface area contributed by atoms with Gasteiger partial charge in [0.2, 0.25) is 0 Å². The Bertz CT molecular complexity index is 3470. The molecule has 0 spiro atoms. The van der Waals surface area contributed by atoms with Crippen molar-refractivity contribution in [3.8, 4) is 22.3 Å². The molecule has 4 nitrogen and oxygen atoms in total. The fraction of sp³-hybridized carbons (Fsp3) is 0.0294. The van der Waals surface area contributed by atoms with Crippen LogP contribution >= 0.6 is 0 Å². The summed E-state index contributed by atoms with van der Waals surface area (Å²) in [4.78, 5) is 9.26. The zero-order chi connectivity index (χ0) is 48.6. The summed E-state index contributed by atoms with van der Waals surface area (Å²) in [5.41, 5.74) is 20.3. The van der Waals surface area contributed by atoms with E-state index in [9.17, 15) is 0 Å². The van der Waals surface area contributed by atoms with Gasteiger partial charge in [-0.3, -0.25) is 0 Å². The number of aryl methyl sites for hydroxylation is 2. The average Bonchev–Trinajstić information content (AvgIpc) is 3.45. The van der Waals surface area contributed by atoms with Gasteiger partial charge in [0, 0.05) is 68.2 Å². The highest BCUT2D eigenvalue weighted by Gasteiger charge is 2.19. The van der Waals surface area contributed by atoms with Gasteiger partial charge in [0.15, 0.2) is 0 Å². The molecule has 0 heterocycles. The number of benzene rings is 11. The first-order valence-corrected chi connectivity index (χ1v) is 24.6. The molecule has 0 saturated carbocycles. The van der Waals surface area contributed by atoms with E-state index in [-0.39, 0.29) is 0 Å². The van der Waals surface area contributed by atoms with Crippen LogP contribution in [-0.2, 0) is 0 Å². The van der Waals surface area contributed by atoms with Crippen LogP contribution in [0.25, 0.3) is 22.3 Å². The maximum Gasteiger partial charge on any atom is 0.0467 e. The van der Waals surface area contributed by atoms with E-state index in [2.05, 4.69) is 325 Å². The summed E-state index contributed by atoms with van der Waals surface area (Å²) in [6, 6.07) is 104. The molecule has 0 aromatic heterocycles. The number of para-hydroxylation sites is 4. The fourth-order valence-corrected chi connectivity index (χ4v) is 9.47. The highest BCUT2D eigenvalue weighted by Crippen LogP contribution is 2.42. The second-order valence-corrected chi connectivity index (χ2v) is 18.1. The summed E-state index contributed by atoms with van der Waals surface area (Å²) in [5, 5.41) is 0. The maximum atomic E-state index is 2.33. The minimum absolute atomic E-state index is 1.08. The van der Waals surface area contributed by atoms with Gasteiger partial charge in [0.05, 0.1) is 0 Å². The smallest absolute Gasteiger partial charge is 0.0467 e. The molecule has 0 aliphatic rings. The third-order valence-electron chi connectivity index (χ3n) is 13.2. The lowest BCUT2D eigenvalue weighted by atomic mass is 9.99. The van der Waals surface area contributed by atoms with E-state index in [4.69, 9.17) is 0 Å². The molecule has 72 heavy (non-hydrogen) atoms. The van der Waals surface area contributed by atoms with Crippen molar-refractivity contribution in [2.75, 3.05) is 19.6 Å². The zero-order valence-corrected chi connectivity index (χ0v) is 40.5. The molecule has 0 aliphatic heterocycles. The maximum absolute atomic E-state index is 2.33. The fourth-order valence-electron chi connectivity index (χ4n) is 9.47. The molecule has 0 saturated heterocycles. The van der Waals surface area contributed by atoms with E-state index in [0.717, 1.165) is 90.5 Å². The minimum Gasteiger partial charge on any atom is -0.311 e. The predicted octanol–water partition coefficient (Wildman–Crippen LogP) is 19.5. The van der Waals surface area contributed by atoms with E-state index in [1.165, 1.54) is 11.1 Å². The molecule has 11 aromatic carbocycles. The lowest BCUT2D eigenvalue weighted by molar-refractivity contribution is 1.25. The Kier molecular flexibility index (Phi) is 13.0. The SMILES string of the molecule is Cc1ccc(N(c2ccccc2)c2ccc(N(c3ccccc3)c3ccc(-c4ccc(-c5cccc(N(c6ccccc6)c6ccc(N(c7ccccc7)c7ccc(C)cc7)cc6)c5)cc4)cc3)cc2)cc1. The Morgan fingerprint density at radius 3 is 0.681 bits per heavy atom. The van der Waals surface area contributed by atoms with E-state index in [1.54, 1.807) is 0 Å². The van der Waals surface area contributed by atoms with Crippen molar-refractivity contribution in [1.29, 1.82) is 0 Å². The van der Waals surface area contributed by atoms with Crippen molar-refractivity contribution >= 4 is 68.2 Å². The van der Waals surface area contributed by atoms with Crippen molar-refractivity contribution in [2.24, 2.45) is 0 Å². The Morgan fingerprint density at radius 1 is 0.167 bits per heavy atom. The van der Waals surface area contributed by atoms with Gasteiger partial charge in [-0.15, -0.1) is 0 Å². The van der Waals surface area contributed by atoms with Crippen LogP contribution in [0, 0.1) is 13.8 Å². The van der Waals surface area contributed by atoms with E-state index < -0.39 is 0 Å². The second-order valence-electron chi connectivity index (χ2n) is 18.1. The molecule has 0 unspecified atom stereocenters. The summed E-state index contributed by atoms with van der Waals surface area (Å²) in [7, 11) is 0. The summed E-state index contributed by atoms with van der Waals surface area (Å²) in [6.07, 6.45) is 0. The average molecular weight is 927 g/mol. The zero-order valence-electron chi connectivity index (χ0n) is 40.5. The van der Waals surface area contributed by atoms with Gasteiger partial charge >= 0.3 is 0 Å². The molecule has 0 amide bonds. The molecule has 11 rings (SSSR count). The molecule has 0 radical (unpaired) electrons. The predicted molar refractivity (Wildman–Crippen MR) is 306 cm³/mol. The molecule has 0 fully saturated rings. The van der Waals surface area contributed by atoms with Gasteiger partial charge in [0.25, 0.3) is 0 Å². The van der Waals surface area contributed by atoms with Crippen molar-refractivity contribution in [2.45, 2.75) is 13.8 Å². The Morgan fingerprint density at radius 2 is 0.375 bits per heavy atom. The molecule has 11 aromatic rings. The van der Waals surface area contributed by atoms with Gasteiger partial charge in [-0.2, -0.15) is 0 Å². The Labute approximate surface area is 424 Å². The van der Waals surface area contributed by atoms with Crippen LogP contribution in [0.4, 0.5) is 68.2 Å². The molecule has 4 heteroatoms. The third kappa shape index (κ3) is 9.76. The first-order valence-electron chi connectivity index (χ1n) is 24.6. The van der Waals surface area contributed by atoms with Crippen LogP contribution in [0.1, 0.15) is 11.1 Å². The number of rotatable bonds is 14. The van der Waals surface area contributed by atoms with Crippen LogP contribution < -0.4 is 19.6 Å². The van der Waals surface area contributed by atoms with E-state index >= 15 is 0 Å². The van der Waals surface area contributed by atoms with E-state index in [1.807, 2.05) is 0 Å². The number of nitrogens with zero attached hydrogens (tertiary/aromatic N) is 4. The van der Waals surface area contributed by atoms with Crippen molar-refractivity contribution < 1.29 is 0 Å². The second kappa shape index (κ2) is 20.7. The van der Waals surface area contributed by atoms with Crippen molar-refractivity contribution in [3.63, 3.8) is 0 Å². The van der Waals surface area contributed by atoms with Crippen LogP contribution in [0.2, 0.25) is 0 Å². The Balaban J connectivity index is 0.855. The Hall–Kier alpha value is -9.38. The van der Waals surface area contributed by atoms with Crippen LogP contribution in [0.3, 0.4) is 0 Å². The topological polar surface area (TPSA) is 13.0 Å². The van der Waals surface area contributed by atoms with Crippen LogP contribution in [0.5, 0.6) is 0 Å².